The van der Waals surface area contributed by atoms with E-state index in [1.54, 1.807) is 12.3 Å². The van der Waals surface area contributed by atoms with Crippen LogP contribution < -0.4 is 10.1 Å². The number of rotatable bonds is 8. The minimum absolute atomic E-state index is 0.315. The Morgan fingerprint density at radius 3 is 2.68 bits per heavy atom. The summed E-state index contributed by atoms with van der Waals surface area (Å²) in [5.41, 5.74) is 0.0651. The van der Waals surface area contributed by atoms with E-state index in [1.165, 1.54) is 7.11 Å². The van der Waals surface area contributed by atoms with Crippen molar-refractivity contribution in [3.63, 3.8) is 0 Å². The molecule has 19 heavy (non-hydrogen) atoms. The average Bonchev–Trinajstić information content (AvgIpc) is 2.44. The summed E-state index contributed by atoms with van der Waals surface area (Å²) in [6.45, 7) is 4.70. The molecule has 0 bridgehead atoms. The summed E-state index contributed by atoms with van der Waals surface area (Å²) in [5.74, 6) is -0.759. The SMILES string of the molecule is CCC(CC)(CNCc1ccnc(OC)n1)C(=O)O. The van der Waals surface area contributed by atoms with E-state index in [4.69, 9.17) is 4.74 Å². The first-order valence-electron chi connectivity index (χ1n) is 6.38. The molecule has 0 unspecified atom stereocenters. The van der Waals surface area contributed by atoms with Gasteiger partial charge in [-0.3, -0.25) is 4.79 Å². The van der Waals surface area contributed by atoms with Crippen LogP contribution in [-0.2, 0) is 11.3 Å². The first-order chi connectivity index (χ1) is 9.07. The Labute approximate surface area is 113 Å². The second-order valence-corrected chi connectivity index (χ2v) is 4.43. The van der Waals surface area contributed by atoms with Gasteiger partial charge in [-0.2, -0.15) is 4.98 Å². The number of methoxy groups -OCH3 is 1. The van der Waals surface area contributed by atoms with Crippen LogP contribution in [0.25, 0.3) is 0 Å². The van der Waals surface area contributed by atoms with Gasteiger partial charge in [0.1, 0.15) is 0 Å². The van der Waals surface area contributed by atoms with Crippen LogP contribution in [0.4, 0.5) is 0 Å². The lowest BCUT2D eigenvalue weighted by Gasteiger charge is -2.26. The molecule has 0 spiro atoms. The summed E-state index contributed by atoms with van der Waals surface area (Å²) in [5, 5.41) is 12.5. The monoisotopic (exact) mass is 267 g/mol. The second kappa shape index (κ2) is 7.04. The topological polar surface area (TPSA) is 84.3 Å². The molecule has 1 aromatic heterocycles. The molecule has 0 fully saturated rings. The number of carbonyl (C=O) groups is 1. The minimum atomic E-state index is -0.759. The maximum absolute atomic E-state index is 11.3. The van der Waals surface area contributed by atoms with Crippen molar-refractivity contribution < 1.29 is 14.6 Å². The molecular formula is C13H21N3O3. The molecule has 0 amide bonds. The molecule has 2 N–H and O–H groups in total. The molecule has 0 aliphatic heterocycles. The number of hydrogen-bond acceptors (Lipinski definition) is 5. The van der Waals surface area contributed by atoms with Crippen LogP contribution in [0, 0.1) is 5.41 Å². The fourth-order valence-corrected chi connectivity index (χ4v) is 1.88. The Morgan fingerprint density at radius 2 is 2.16 bits per heavy atom. The third-order valence-corrected chi connectivity index (χ3v) is 3.45. The van der Waals surface area contributed by atoms with E-state index < -0.39 is 11.4 Å². The molecular weight excluding hydrogens is 246 g/mol. The highest BCUT2D eigenvalue weighted by Gasteiger charge is 2.34. The van der Waals surface area contributed by atoms with Crippen molar-refractivity contribution in [1.82, 2.24) is 15.3 Å². The molecule has 0 saturated heterocycles. The fraction of sp³-hybridized carbons (Fsp3) is 0.615. The number of nitrogens with zero attached hydrogens (tertiary/aromatic N) is 2. The van der Waals surface area contributed by atoms with Gasteiger partial charge in [0, 0.05) is 19.3 Å². The van der Waals surface area contributed by atoms with Crippen LogP contribution in [-0.4, -0.2) is 34.7 Å². The van der Waals surface area contributed by atoms with Gasteiger partial charge >= 0.3 is 12.0 Å². The van der Waals surface area contributed by atoms with Gasteiger partial charge in [-0.15, -0.1) is 0 Å². The second-order valence-electron chi connectivity index (χ2n) is 4.43. The summed E-state index contributed by atoms with van der Waals surface area (Å²) in [7, 11) is 1.51. The van der Waals surface area contributed by atoms with Crippen LogP contribution >= 0.6 is 0 Å². The van der Waals surface area contributed by atoms with Gasteiger partial charge in [-0.05, 0) is 18.9 Å². The first kappa shape index (κ1) is 15.4. The zero-order valence-electron chi connectivity index (χ0n) is 11.6. The van der Waals surface area contributed by atoms with Gasteiger partial charge in [-0.1, -0.05) is 13.8 Å². The standard InChI is InChI=1S/C13H21N3O3/c1-4-13(5-2,11(17)18)9-14-8-10-6-7-15-12(16-10)19-3/h6-7,14H,4-5,8-9H2,1-3H3,(H,17,18). The smallest absolute Gasteiger partial charge is 0.316 e. The molecule has 0 aromatic carbocycles. The molecule has 1 aromatic rings. The number of carboxylic acid groups (broad SMARTS) is 1. The number of aromatic nitrogens is 2. The lowest BCUT2D eigenvalue weighted by Crippen LogP contribution is -2.40. The van der Waals surface area contributed by atoms with Crippen LogP contribution in [0.15, 0.2) is 12.3 Å². The summed E-state index contributed by atoms with van der Waals surface area (Å²) >= 11 is 0. The Hall–Kier alpha value is -1.69. The highest BCUT2D eigenvalue weighted by atomic mass is 16.5. The van der Waals surface area contributed by atoms with Crippen molar-refractivity contribution in [2.75, 3.05) is 13.7 Å². The number of hydrogen-bond donors (Lipinski definition) is 2. The van der Waals surface area contributed by atoms with Crippen LogP contribution in [0.2, 0.25) is 0 Å². The van der Waals surface area contributed by atoms with Gasteiger partial charge < -0.3 is 15.2 Å². The summed E-state index contributed by atoms with van der Waals surface area (Å²) < 4.78 is 4.94. The molecule has 0 aliphatic rings. The fourth-order valence-electron chi connectivity index (χ4n) is 1.88. The zero-order chi connectivity index (χ0) is 14.3. The van der Waals surface area contributed by atoms with E-state index in [9.17, 15) is 9.90 Å². The molecule has 0 saturated carbocycles. The molecule has 1 rings (SSSR count). The van der Waals surface area contributed by atoms with Crippen molar-refractivity contribution in [2.45, 2.75) is 33.2 Å². The predicted molar refractivity (Wildman–Crippen MR) is 70.9 cm³/mol. The Morgan fingerprint density at radius 1 is 1.47 bits per heavy atom. The molecule has 6 nitrogen and oxygen atoms in total. The quantitative estimate of drug-likeness (QED) is 0.742. The highest BCUT2D eigenvalue weighted by Crippen LogP contribution is 2.25. The van der Waals surface area contributed by atoms with E-state index in [0.29, 0.717) is 31.9 Å². The van der Waals surface area contributed by atoms with E-state index in [-0.39, 0.29) is 0 Å². The van der Waals surface area contributed by atoms with Gasteiger partial charge in [0.2, 0.25) is 0 Å². The van der Waals surface area contributed by atoms with Crippen LogP contribution in [0.3, 0.4) is 0 Å². The molecule has 1 heterocycles. The number of carboxylic acids is 1. The van der Waals surface area contributed by atoms with Crippen LogP contribution in [0.1, 0.15) is 32.4 Å². The lowest BCUT2D eigenvalue weighted by atomic mass is 9.82. The molecule has 0 radical (unpaired) electrons. The highest BCUT2D eigenvalue weighted by molar-refractivity contribution is 5.74. The van der Waals surface area contributed by atoms with Gasteiger partial charge in [-0.25, -0.2) is 4.98 Å². The van der Waals surface area contributed by atoms with E-state index in [2.05, 4.69) is 15.3 Å². The predicted octanol–water partition coefficient (Wildman–Crippen LogP) is 1.47. The maximum Gasteiger partial charge on any atom is 0.316 e. The zero-order valence-corrected chi connectivity index (χ0v) is 11.6. The Balaban J connectivity index is 2.59. The van der Waals surface area contributed by atoms with Crippen molar-refractivity contribution in [1.29, 1.82) is 0 Å². The summed E-state index contributed by atoms with van der Waals surface area (Å²) in [6.07, 6.45) is 2.81. The molecule has 0 aliphatic carbocycles. The van der Waals surface area contributed by atoms with Crippen molar-refractivity contribution in [2.24, 2.45) is 5.41 Å². The number of nitrogens with one attached hydrogen (secondary N) is 1. The molecule has 0 atom stereocenters. The van der Waals surface area contributed by atoms with Gasteiger partial charge in [0.05, 0.1) is 18.2 Å². The van der Waals surface area contributed by atoms with Crippen molar-refractivity contribution in [3.05, 3.63) is 18.0 Å². The number of aliphatic carboxylic acids is 1. The third kappa shape index (κ3) is 3.89. The van der Waals surface area contributed by atoms with E-state index in [0.717, 1.165) is 5.69 Å². The summed E-state index contributed by atoms with van der Waals surface area (Å²) in [4.78, 5) is 19.4. The summed E-state index contributed by atoms with van der Waals surface area (Å²) in [6, 6.07) is 2.09. The van der Waals surface area contributed by atoms with E-state index >= 15 is 0 Å². The van der Waals surface area contributed by atoms with Gasteiger partial charge in [0.25, 0.3) is 0 Å². The minimum Gasteiger partial charge on any atom is -0.481 e. The average molecular weight is 267 g/mol. The van der Waals surface area contributed by atoms with Crippen LogP contribution in [0.5, 0.6) is 6.01 Å². The lowest BCUT2D eigenvalue weighted by molar-refractivity contribution is -0.149. The van der Waals surface area contributed by atoms with Crippen molar-refractivity contribution in [3.8, 4) is 6.01 Å². The molecule has 6 heteroatoms. The van der Waals surface area contributed by atoms with Crippen molar-refractivity contribution >= 4 is 5.97 Å². The third-order valence-electron chi connectivity index (χ3n) is 3.45. The van der Waals surface area contributed by atoms with E-state index in [1.807, 2.05) is 13.8 Å². The largest absolute Gasteiger partial charge is 0.481 e. The van der Waals surface area contributed by atoms with Gasteiger partial charge in [0.15, 0.2) is 0 Å². The first-order valence-corrected chi connectivity index (χ1v) is 6.38. The Bertz CT molecular complexity index is 419. The molecule has 106 valence electrons. The normalized spacial score (nSPS) is 11.3. The Kier molecular flexibility index (Phi) is 5.69. The maximum atomic E-state index is 11.3. The number of ether oxygens (including phenoxy) is 1.